The summed E-state index contributed by atoms with van der Waals surface area (Å²) in [6.45, 7) is 7.27. The molecule has 0 aliphatic carbocycles. The van der Waals surface area contributed by atoms with Crippen molar-refractivity contribution in [1.82, 2.24) is 4.90 Å². The summed E-state index contributed by atoms with van der Waals surface area (Å²) in [4.78, 5) is 2.54. The monoisotopic (exact) mass is 255 g/mol. The van der Waals surface area contributed by atoms with E-state index in [0.29, 0.717) is 0 Å². The zero-order chi connectivity index (χ0) is 12.7. The van der Waals surface area contributed by atoms with Gasteiger partial charge in [0.1, 0.15) is 0 Å². The third-order valence-electron chi connectivity index (χ3n) is 4.14. The molecule has 0 N–H and O–H groups in total. The summed E-state index contributed by atoms with van der Waals surface area (Å²) in [6, 6.07) is 0. The van der Waals surface area contributed by atoms with Crippen molar-refractivity contribution in [3.05, 3.63) is 0 Å². The molecule has 18 heavy (non-hydrogen) atoms. The average Bonchev–Trinajstić information content (AvgIpc) is 2.82. The van der Waals surface area contributed by atoms with Crippen LogP contribution in [0.4, 0.5) is 0 Å². The van der Waals surface area contributed by atoms with Gasteiger partial charge in [0, 0.05) is 6.42 Å². The predicted molar refractivity (Wildman–Crippen MR) is 73.7 cm³/mol. The van der Waals surface area contributed by atoms with Crippen molar-refractivity contribution in [3.63, 3.8) is 0 Å². The quantitative estimate of drug-likeness (QED) is 0.652. The first kappa shape index (κ1) is 14.3. The van der Waals surface area contributed by atoms with Crippen molar-refractivity contribution < 1.29 is 9.47 Å². The van der Waals surface area contributed by atoms with E-state index in [1.54, 1.807) is 0 Å². The Bertz CT molecular complexity index is 227. The van der Waals surface area contributed by atoms with Crippen molar-refractivity contribution in [2.24, 2.45) is 0 Å². The zero-order valence-corrected chi connectivity index (χ0v) is 12.0. The highest BCUT2D eigenvalue weighted by Crippen LogP contribution is 2.30. The lowest BCUT2D eigenvalue weighted by atomic mass is 10.0. The molecule has 106 valence electrons. The lowest BCUT2D eigenvalue weighted by molar-refractivity contribution is -0.189. The first-order chi connectivity index (χ1) is 8.85. The van der Waals surface area contributed by atoms with E-state index >= 15 is 0 Å². The van der Waals surface area contributed by atoms with Gasteiger partial charge in [0.05, 0.1) is 19.8 Å². The van der Waals surface area contributed by atoms with Gasteiger partial charge in [-0.25, -0.2) is 0 Å². The maximum Gasteiger partial charge on any atom is 0.181 e. The van der Waals surface area contributed by atoms with Crippen molar-refractivity contribution in [2.45, 2.75) is 64.1 Å². The van der Waals surface area contributed by atoms with Crippen molar-refractivity contribution in [3.8, 4) is 0 Å². The fourth-order valence-electron chi connectivity index (χ4n) is 3.11. The van der Waals surface area contributed by atoms with Crippen LogP contribution in [-0.4, -0.2) is 43.5 Å². The van der Waals surface area contributed by atoms with Gasteiger partial charge in [-0.2, -0.15) is 0 Å². The van der Waals surface area contributed by atoms with Crippen molar-refractivity contribution in [2.75, 3.05) is 32.8 Å². The molecule has 3 nitrogen and oxygen atoms in total. The van der Waals surface area contributed by atoms with Gasteiger partial charge in [-0.1, -0.05) is 39.0 Å². The largest absolute Gasteiger partial charge is 0.346 e. The van der Waals surface area contributed by atoms with Crippen LogP contribution < -0.4 is 0 Å². The Morgan fingerprint density at radius 3 is 2.50 bits per heavy atom. The summed E-state index contributed by atoms with van der Waals surface area (Å²) in [6.07, 6.45) is 10.6. The smallest absolute Gasteiger partial charge is 0.181 e. The summed E-state index contributed by atoms with van der Waals surface area (Å²) in [5.41, 5.74) is 0. The van der Waals surface area contributed by atoms with Gasteiger partial charge >= 0.3 is 0 Å². The minimum atomic E-state index is -0.236. The van der Waals surface area contributed by atoms with Crippen LogP contribution in [0.15, 0.2) is 0 Å². The average molecular weight is 255 g/mol. The molecular weight excluding hydrogens is 226 g/mol. The van der Waals surface area contributed by atoms with Crippen LogP contribution in [0.3, 0.4) is 0 Å². The zero-order valence-electron chi connectivity index (χ0n) is 12.0. The molecule has 0 amide bonds. The molecule has 0 aromatic rings. The molecular formula is C15H29NO2. The second kappa shape index (κ2) is 7.46. The summed E-state index contributed by atoms with van der Waals surface area (Å²) >= 11 is 0. The molecule has 2 rings (SSSR count). The van der Waals surface area contributed by atoms with E-state index in [1.165, 1.54) is 58.0 Å². The fraction of sp³-hybridized carbons (Fsp3) is 1.00. The van der Waals surface area contributed by atoms with E-state index in [0.717, 1.165) is 26.2 Å². The number of ether oxygens (including phenoxy) is 2. The number of hydrogen-bond acceptors (Lipinski definition) is 3. The molecule has 0 aromatic heterocycles. The third-order valence-corrected chi connectivity index (χ3v) is 4.14. The predicted octanol–water partition coefficient (Wildman–Crippen LogP) is 3.19. The van der Waals surface area contributed by atoms with Crippen LogP contribution in [0, 0.1) is 0 Å². The molecule has 1 spiro atoms. The van der Waals surface area contributed by atoms with Gasteiger partial charge in [-0.3, -0.25) is 4.90 Å². The normalized spacial score (nSPS) is 23.8. The second-order valence-corrected chi connectivity index (χ2v) is 5.76. The third kappa shape index (κ3) is 4.22. The molecule has 0 aromatic carbocycles. The fourth-order valence-corrected chi connectivity index (χ4v) is 3.11. The second-order valence-electron chi connectivity index (χ2n) is 5.76. The highest BCUT2D eigenvalue weighted by atomic mass is 16.7. The number of likely N-dealkylation sites (tertiary alicyclic amines) is 1. The molecule has 0 atom stereocenters. The van der Waals surface area contributed by atoms with E-state index in [4.69, 9.17) is 9.47 Å². The molecule has 3 heteroatoms. The summed E-state index contributed by atoms with van der Waals surface area (Å²) in [7, 11) is 0. The number of rotatable bonds is 7. The molecule has 2 saturated heterocycles. The first-order valence-electron chi connectivity index (χ1n) is 7.85. The summed E-state index contributed by atoms with van der Waals surface area (Å²) < 4.78 is 11.6. The van der Waals surface area contributed by atoms with Crippen LogP contribution >= 0.6 is 0 Å². The van der Waals surface area contributed by atoms with Crippen LogP contribution in [0.25, 0.3) is 0 Å². The summed E-state index contributed by atoms with van der Waals surface area (Å²) in [5, 5.41) is 0. The highest BCUT2D eigenvalue weighted by molar-refractivity contribution is 4.83. The molecule has 2 aliphatic heterocycles. The van der Waals surface area contributed by atoms with E-state index in [9.17, 15) is 0 Å². The van der Waals surface area contributed by atoms with Crippen LogP contribution in [0.1, 0.15) is 58.3 Å². The maximum absolute atomic E-state index is 5.81. The van der Waals surface area contributed by atoms with Crippen LogP contribution in [-0.2, 0) is 9.47 Å². The van der Waals surface area contributed by atoms with Gasteiger partial charge in [0.2, 0.25) is 0 Å². The lowest BCUT2D eigenvalue weighted by Crippen LogP contribution is -2.49. The van der Waals surface area contributed by atoms with E-state index < -0.39 is 0 Å². The van der Waals surface area contributed by atoms with E-state index in [2.05, 4.69) is 11.8 Å². The van der Waals surface area contributed by atoms with Gasteiger partial charge < -0.3 is 9.47 Å². The minimum absolute atomic E-state index is 0.236. The Morgan fingerprint density at radius 1 is 1.00 bits per heavy atom. The minimum Gasteiger partial charge on any atom is -0.346 e. The molecule has 0 saturated carbocycles. The van der Waals surface area contributed by atoms with Crippen molar-refractivity contribution in [1.29, 1.82) is 0 Å². The van der Waals surface area contributed by atoms with Crippen LogP contribution in [0.5, 0.6) is 0 Å². The Morgan fingerprint density at radius 2 is 1.72 bits per heavy atom. The molecule has 0 unspecified atom stereocenters. The molecule has 2 heterocycles. The number of unbranched alkanes of at least 4 members (excludes halogenated alkanes) is 5. The number of hydrogen-bond donors (Lipinski definition) is 0. The first-order valence-corrected chi connectivity index (χ1v) is 7.85. The van der Waals surface area contributed by atoms with E-state index in [-0.39, 0.29) is 5.79 Å². The highest BCUT2D eigenvalue weighted by Gasteiger charge is 2.40. The topological polar surface area (TPSA) is 21.7 Å². The van der Waals surface area contributed by atoms with Crippen LogP contribution in [0.2, 0.25) is 0 Å². The van der Waals surface area contributed by atoms with Gasteiger partial charge in [0.15, 0.2) is 5.79 Å². The summed E-state index contributed by atoms with van der Waals surface area (Å²) in [5.74, 6) is -0.236. The maximum atomic E-state index is 5.81. The number of nitrogens with zero attached hydrogens (tertiary/aromatic N) is 1. The molecule has 0 radical (unpaired) electrons. The molecule has 0 bridgehead atoms. The Balaban J connectivity index is 1.58. The lowest BCUT2D eigenvalue weighted by Gasteiger charge is -2.38. The Kier molecular flexibility index (Phi) is 5.93. The van der Waals surface area contributed by atoms with Gasteiger partial charge in [-0.05, 0) is 25.9 Å². The van der Waals surface area contributed by atoms with Crippen molar-refractivity contribution >= 4 is 0 Å². The standard InChI is InChI=1S/C15H29NO2/c1-2-3-4-5-6-7-10-16-11-8-9-15(14-16)17-12-13-18-15/h2-14H2,1H3. The Hall–Kier alpha value is -0.120. The van der Waals surface area contributed by atoms with Gasteiger partial charge in [0.25, 0.3) is 0 Å². The molecule has 2 fully saturated rings. The SMILES string of the molecule is CCCCCCCCN1CCCC2(C1)OCCO2. The van der Waals surface area contributed by atoms with E-state index in [1.807, 2.05) is 0 Å². The number of piperidine rings is 1. The van der Waals surface area contributed by atoms with Gasteiger partial charge in [-0.15, -0.1) is 0 Å². The Labute approximate surface area is 112 Å². The molecule has 2 aliphatic rings.